The van der Waals surface area contributed by atoms with Gasteiger partial charge < -0.3 is 15.5 Å². The predicted octanol–water partition coefficient (Wildman–Crippen LogP) is -1.04. The molecule has 2 saturated heterocycles. The Balaban J connectivity index is 1.92. The van der Waals surface area contributed by atoms with E-state index in [0.717, 1.165) is 17.6 Å². The number of nitrogens with zero attached hydrogens (tertiary/aromatic N) is 5. The summed E-state index contributed by atoms with van der Waals surface area (Å²) in [7, 11) is 1.59. The zero-order chi connectivity index (χ0) is 17.3. The van der Waals surface area contributed by atoms with Crippen LogP contribution in [0.15, 0.2) is 6.20 Å². The molecule has 1 aromatic rings. The molecule has 0 spiro atoms. The van der Waals surface area contributed by atoms with Crippen LogP contribution in [0.3, 0.4) is 0 Å². The number of nitrogens with two attached hydrogens (primary N) is 1. The number of nitrogen functional groups attached to an aromatic ring is 1. The number of aromatic nitrogens is 3. The Morgan fingerprint density at radius 1 is 1.50 bits per heavy atom. The summed E-state index contributed by atoms with van der Waals surface area (Å²) in [6.45, 7) is 1.11. The van der Waals surface area contributed by atoms with Gasteiger partial charge in [0.2, 0.25) is 17.2 Å². The average molecular weight is 358 g/mol. The second-order valence-corrected chi connectivity index (χ2v) is 7.09. The number of hydrogen-bond acceptors (Lipinski definition) is 6. The minimum atomic E-state index is -2.20. The summed E-state index contributed by atoms with van der Waals surface area (Å²) >= 11 is -2.20. The Labute approximate surface area is 142 Å². The van der Waals surface area contributed by atoms with E-state index in [2.05, 4.69) is 10.3 Å². The summed E-state index contributed by atoms with van der Waals surface area (Å²) in [4.78, 5) is 15.8. The molecule has 3 rings (SSSR count). The SMILES string of the molecule is COC[C@H]1CN(Cc2cnnn2N)C(=O)C2CCCC1N2S(=O)O. The number of fused-ring (bicyclic) bond motifs is 2. The van der Waals surface area contributed by atoms with Gasteiger partial charge in [0.05, 0.1) is 19.3 Å². The van der Waals surface area contributed by atoms with Gasteiger partial charge in [0.15, 0.2) is 0 Å². The maximum absolute atomic E-state index is 13.0. The smallest absolute Gasteiger partial charge is 0.241 e. The first-order chi connectivity index (χ1) is 11.5. The number of ether oxygens (including phenoxy) is 1. The van der Waals surface area contributed by atoms with Crippen LogP contribution in [0.4, 0.5) is 0 Å². The fourth-order valence-electron chi connectivity index (χ4n) is 3.71. The second-order valence-electron chi connectivity index (χ2n) is 6.21. The Hall–Kier alpha value is -1.56. The van der Waals surface area contributed by atoms with Crippen LogP contribution in [0, 0.1) is 5.92 Å². The number of hydrogen-bond donors (Lipinski definition) is 2. The van der Waals surface area contributed by atoms with Crippen molar-refractivity contribution in [2.45, 2.75) is 37.9 Å². The van der Waals surface area contributed by atoms with Gasteiger partial charge >= 0.3 is 0 Å². The van der Waals surface area contributed by atoms with E-state index in [4.69, 9.17) is 10.6 Å². The lowest BCUT2D eigenvalue weighted by molar-refractivity contribution is -0.135. The van der Waals surface area contributed by atoms with Crippen LogP contribution in [0.25, 0.3) is 0 Å². The third-order valence-corrected chi connectivity index (χ3v) is 5.66. The van der Waals surface area contributed by atoms with Crippen molar-refractivity contribution in [3.8, 4) is 0 Å². The zero-order valence-electron chi connectivity index (χ0n) is 13.4. The number of carbonyl (C=O) groups is 1. The Bertz CT molecular complexity index is 625. The lowest BCUT2D eigenvalue weighted by atomic mass is 9.91. The fraction of sp³-hybridized carbons (Fsp3) is 0.769. The minimum absolute atomic E-state index is 0.0533. The van der Waals surface area contributed by atoms with Crippen LogP contribution in [-0.2, 0) is 27.3 Å². The second kappa shape index (κ2) is 7.13. The summed E-state index contributed by atoms with van der Waals surface area (Å²) in [5.74, 6) is 5.48. The molecule has 3 heterocycles. The van der Waals surface area contributed by atoms with Crippen LogP contribution >= 0.6 is 0 Å². The minimum Gasteiger partial charge on any atom is -0.384 e. The number of rotatable bonds is 5. The molecule has 0 radical (unpaired) electrons. The normalized spacial score (nSPS) is 29.5. The molecule has 1 aromatic heterocycles. The third kappa shape index (κ3) is 3.16. The first-order valence-corrected chi connectivity index (χ1v) is 8.91. The van der Waals surface area contributed by atoms with Crippen molar-refractivity contribution in [3.63, 3.8) is 0 Å². The van der Waals surface area contributed by atoms with Gasteiger partial charge in [-0.1, -0.05) is 0 Å². The van der Waals surface area contributed by atoms with Crippen LogP contribution < -0.4 is 5.84 Å². The van der Waals surface area contributed by atoms with Crippen LogP contribution in [-0.4, -0.2) is 71.3 Å². The molecule has 11 heteroatoms. The lowest BCUT2D eigenvalue weighted by Crippen LogP contribution is -2.53. The topological polar surface area (TPSA) is 127 Å². The molecule has 3 N–H and O–H groups in total. The van der Waals surface area contributed by atoms with Crippen molar-refractivity contribution in [3.05, 3.63) is 11.9 Å². The van der Waals surface area contributed by atoms with E-state index in [1.54, 1.807) is 12.0 Å². The monoisotopic (exact) mass is 358 g/mol. The highest BCUT2D eigenvalue weighted by Gasteiger charge is 2.47. The Morgan fingerprint density at radius 3 is 2.92 bits per heavy atom. The summed E-state index contributed by atoms with van der Waals surface area (Å²) in [5, 5.41) is 7.41. The third-order valence-electron chi connectivity index (χ3n) is 4.77. The van der Waals surface area contributed by atoms with Crippen molar-refractivity contribution in [2.24, 2.45) is 5.92 Å². The largest absolute Gasteiger partial charge is 0.384 e. The molecule has 0 saturated carbocycles. The maximum atomic E-state index is 13.0. The quantitative estimate of drug-likeness (QED) is 0.508. The molecule has 2 fully saturated rings. The number of methoxy groups -OCH3 is 1. The van der Waals surface area contributed by atoms with Crippen LogP contribution in [0.5, 0.6) is 0 Å². The zero-order valence-corrected chi connectivity index (χ0v) is 14.3. The predicted molar refractivity (Wildman–Crippen MR) is 85.0 cm³/mol. The first-order valence-electron chi connectivity index (χ1n) is 7.84. The molecular formula is C13H22N6O4S. The van der Waals surface area contributed by atoms with Crippen molar-refractivity contribution in [2.75, 3.05) is 26.1 Å². The van der Waals surface area contributed by atoms with Crippen molar-refractivity contribution < 1.29 is 18.3 Å². The molecule has 0 aromatic carbocycles. The lowest BCUT2D eigenvalue weighted by Gasteiger charge is -2.38. The van der Waals surface area contributed by atoms with Gasteiger partial charge in [-0.3, -0.25) is 9.35 Å². The van der Waals surface area contributed by atoms with Gasteiger partial charge in [-0.2, -0.15) is 9.10 Å². The molecule has 4 atom stereocenters. The number of amides is 1. The van der Waals surface area contributed by atoms with Gasteiger partial charge in [0.25, 0.3) is 0 Å². The highest BCUT2D eigenvalue weighted by Crippen LogP contribution is 2.34. The molecule has 24 heavy (non-hydrogen) atoms. The summed E-state index contributed by atoms with van der Waals surface area (Å²) < 4.78 is 28.4. The van der Waals surface area contributed by atoms with E-state index in [1.165, 1.54) is 10.5 Å². The summed E-state index contributed by atoms with van der Waals surface area (Å²) in [6, 6.07) is -0.761. The van der Waals surface area contributed by atoms with Gasteiger partial charge in [0, 0.05) is 25.6 Å². The highest BCUT2D eigenvalue weighted by molar-refractivity contribution is 7.76. The van der Waals surface area contributed by atoms with Gasteiger partial charge in [-0.05, 0) is 24.5 Å². The van der Waals surface area contributed by atoms with Gasteiger partial charge in [-0.15, -0.1) is 5.10 Å². The fourth-order valence-corrected chi connectivity index (χ4v) is 4.63. The van der Waals surface area contributed by atoms with E-state index in [0.29, 0.717) is 25.3 Å². The highest BCUT2D eigenvalue weighted by atomic mass is 32.2. The van der Waals surface area contributed by atoms with Crippen molar-refractivity contribution >= 4 is 17.2 Å². The van der Waals surface area contributed by atoms with Crippen LogP contribution in [0.2, 0.25) is 0 Å². The number of piperidine rings is 1. The van der Waals surface area contributed by atoms with Gasteiger partial charge in [0.1, 0.15) is 11.7 Å². The molecule has 10 nitrogen and oxygen atoms in total. The summed E-state index contributed by atoms with van der Waals surface area (Å²) in [5.41, 5.74) is 0.604. The van der Waals surface area contributed by atoms with E-state index >= 15 is 0 Å². The van der Waals surface area contributed by atoms with Crippen LogP contribution in [0.1, 0.15) is 25.0 Å². The van der Waals surface area contributed by atoms with E-state index in [9.17, 15) is 13.6 Å². The van der Waals surface area contributed by atoms with Gasteiger partial charge in [-0.25, -0.2) is 4.21 Å². The average Bonchev–Trinajstić information content (AvgIpc) is 2.94. The molecule has 3 unspecified atom stereocenters. The molecular weight excluding hydrogens is 336 g/mol. The molecule has 2 bridgehead atoms. The Morgan fingerprint density at radius 2 is 2.29 bits per heavy atom. The van der Waals surface area contributed by atoms with Crippen molar-refractivity contribution in [1.82, 2.24) is 24.3 Å². The molecule has 1 amide bonds. The number of carbonyl (C=O) groups excluding carboxylic acids is 1. The Kier molecular flexibility index (Phi) is 5.13. The maximum Gasteiger partial charge on any atom is 0.241 e. The van der Waals surface area contributed by atoms with E-state index in [1.807, 2.05) is 0 Å². The molecule has 2 aliphatic heterocycles. The summed E-state index contributed by atoms with van der Waals surface area (Å²) in [6.07, 6.45) is 3.70. The van der Waals surface area contributed by atoms with Crippen molar-refractivity contribution in [1.29, 1.82) is 0 Å². The standard InChI is InChI=1S/C13H22N6O4S/c1-23-8-9-6-17(7-10-5-15-16-19(10)14)13(20)12-4-2-3-11(9)18(12)24(21)22/h5,9,11-12H,2-4,6-8,14H2,1H3,(H,21,22)/t9-,11?,12?/m1/s1. The van der Waals surface area contributed by atoms with E-state index in [-0.39, 0.29) is 24.4 Å². The van der Waals surface area contributed by atoms with E-state index < -0.39 is 17.3 Å². The first kappa shape index (κ1) is 17.3. The molecule has 0 aliphatic carbocycles. The molecule has 134 valence electrons. The molecule has 2 aliphatic rings.